The Bertz CT molecular complexity index is 1060. The van der Waals surface area contributed by atoms with Crippen LogP contribution in [0.1, 0.15) is 18.1 Å². The number of benzene rings is 2. The van der Waals surface area contributed by atoms with E-state index in [-0.39, 0.29) is 11.5 Å². The van der Waals surface area contributed by atoms with Crippen LogP contribution in [0.2, 0.25) is 0 Å². The third-order valence-electron chi connectivity index (χ3n) is 4.36. The monoisotopic (exact) mass is 393 g/mol. The number of aromatic nitrogens is 2. The molecule has 6 heteroatoms. The number of para-hydroxylation sites is 1. The van der Waals surface area contributed by atoms with Crippen LogP contribution < -0.4 is 10.9 Å². The van der Waals surface area contributed by atoms with Crippen molar-refractivity contribution in [3.63, 3.8) is 0 Å². The number of fused-ring (bicyclic) bond motifs is 1. The molecule has 1 amide bonds. The van der Waals surface area contributed by atoms with E-state index in [0.29, 0.717) is 29.1 Å². The summed E-state index contributed by atoms with van der Waals surface area (Å²) in [4.78, 5) is 30.1. The van der Waals surface area contributed by atoms with Gasteiger partial charge in [-0.25, -0.2) is 4.98 Å². The molecule has 1 heterocycles. The van der Waals surface area contributed by atoms with Gasteiger partial charge >= 0.3 is 0 Å². The number of amides is 1. The Morgan fingerprint density at radius 1 is 1.25 bits per heavy atom. The maximum Gasteiger partial charge on any atom is 0.262 e. The fraction of sp³-hybridized carbons (Fsp3) is 0.227. The molecule has 0 unspecified atom stereocenters. The lowest BCUT2D eigenvalue weighted by atomic mass is 10.1. The first-order valence-electron chi connectivity index (χ1n) is 9.10. The lowest BCUT2D eigenvalue weighted by molar-refractivity contribution is -0.120. The Kier molecular flexibility index (Phi) is 6.31. The highest BCUT2D eigenvalue weighted by Crippen LogP contribution is 2.23. The summed E-state index contributed by atoms with van der Waals surface area (Å²) in [5, 5.41) is 3.50. The van der Waals surface area contributed by atoms with Crippen molar-refractivity contribution in [2.45, 2.75) is 30.8 Å². The Morgan fingerprint density at radius 2 is 1.96 bits per heavy atom. The molecule has 144 valence electrons. The standard InChI is InChI=1S/C22H23N3O2S/c1-4-13-23-20(26)16(3)28-22-24-19-8-6-5-7-18(19)21(27)25(22)14-17-11-9-15(2)10-12-17/h4-12,16H,1,13-14H2,2-3H3,(H,23,26)/t16-/m0/s1. The summed E-state index contributed by atoms with van der Waals surface area (Å²) in [6, 6.07) is 15.3. The first-order valence-corrected chi connectivity index (χ1v) is 9.98. The highest BCUT2D eigenvalue weighted by atomic mass is 32.2. The van der Waals surface area contributed by atoms with E-state index in [1.807, 2.05) is 49.4 Å². The quantitative estimate of drug-likeness (QED) is 0.379. The van der Waals surface area contributed by atoms with Gasteiger partial charge in [-0.15, -0.1) is 6.58 Å². The topological polar surface area (TPSA) is 64.0 Å². The molecule has 0 aliphatic carbocycles. The number of rotatable bonds is 7. The van der Waals surface area contributed by atoms with E-state index in [1.54, 1.807) is 23.6 Å². The van der Waals surface area contributed by atoms with Crippen molar-refractivity contribution in [1.82, 2.24) is 14.9 Å². The van der Waals surface area contributed by atoms with Crippen LogP contribution in [0, 0.1) is 6.92 Å². The normalized spacial score (nSPS) is 11.9. The minimum atomic E-state index is -0.391. The number of aryl methyl sites for hydroxylation is 1. The van der Waals surface area contributed by atoms with Gasteiger partial charge in [0.25, 0.3) is 5.56 Å². The van der Waals surface area contributed by atoms with Crippen LogP contribution in [-0.2, 0) is 11.3 Å². The predicted octanol–water partition coefficient (Wildman–Crippen LogP) is 3.54. The Labute approximate surface area is 168 Å². The van der Waals surface area contributed by atoms with Gasteiger partial charge in [0.15, 0.2) is 5.16 Å². The molecule has 5 nitrogen and oxygen atoms in total. The van der Waals surface area contributed by atoms with Crippen LogP contribution in [0.25, 0.3) is 10.9 Å². The van der Waals surface area contributed by atoms with Gasteiger partial charge in [0, 0.05) is 6.54 Å². The lowest BCUT2D eigenvalue weighted by Gasteiger charge is -2.16. The third kappa shape index (κ3) is 4.51. The fourth-order valence-electron chi connectivity index (χ4n) is 2.78. The minimum Gasteiger partial charge on any atom is -0.352 e. The Balaban J connectivity index is 2.01. The summed E-state index contributed by atoms with van der Waals surface area (Å²) in [5.74, 6) is -0.116. The van der Waals surface area contributed by atoms with Gasteiger partial charge in [0.1, 0.15) is 0 Å². The van der Waals surface area contributed by atoms with Crippen LogP contribution in [-0.4, -0.2) is 27.3 Å². The summed E-state index contributed by atoms with van der Waals surface area (Å²) in [6.07, 6.45) is 1.64. The minimum absolute atomic E-state index is 0.104. The second-order valence-corrected chi connectivity index (χ2v) is 7.89. The maximum atomic E-state index is 13.1. The molecule has 0 aliphatic rings. The molecule has 0 spiro atoms. The average molecular weight is 394 g/mol. The average Bonchev–Trinajstić information content (AvgIpc) is 2.70. The van der Waals surface area contributed by atoms with Gasteiger partial charge < -0.3 is 5.32 Å². The van der Waals surface area contributed by atoms with Gasteiger partial charge in [-0.3, -0.25) is 14.2 Å². The first-order chi connectivity index (χ1) is 13.5. The number of hydrogen-bond donors (Lipinski definition) is 1. The number of carbonyl (C=O) groups excluding carboxylic acids is 1. The maximum absolute atomic E-state index is 13.1. The van der Waals surface area contributed by atoms with E-state index in [1.165, 1.54) is 11.8 Å². The zero-order valence-corrected chi connectivity index (χ0v) is 16.8. The first kappa shape index (κ1) is 19.9. The zero-order chi connectivity index (χ0) is 20.1. The molecule has 0 bridgehead atoms. The summed E-state index contributed by atoms with van der Waals surface area (Å²) in [6.45, 7) is 8.25. The highest BCUT2D eigenvalue weighted by Gasteiger charge is 2.19. The molecule has 0 fully saturated rings. The summed E-state index contributed by atoms with van der Waals surface area (Å²) in [7, 11) is 0. The van der Waals surface area contributed by atoms with Crippen LogP contribution >= 0.6 is 11.8 Å². The number of thioether (sulfide) groups is 1. The van der Waals surface area contributed by atoms with Gasteiger partial charge in [-0.1, -0.05) is 59.8 Å². The number of hydrogen-bond acceptors (Lipinski definition) is 4. The summed E-state index contributed by atoms with van der Waals surface area (Å²) >= 11 is 1.29. The molecule has 0 saturated heterocycles. The second kappa shape index (κ2) is 8.89. The molecule has 0 saturated carbocycles. The SMILES string of the molecule is C=CCNC(=O)[C@H](C)Sc1nc2ccccc2c(=O)n1Cc1ccc(C)cc1. The Morgan fingerprint density at radius 3 is 2.68 bits per heavy atom. The van der Waals surface area contributed by atoms with Gasteiger partial charge in [0.2, 0.25) is 5.91 Å². The van der Waals surface area contributed by atoms with Crippen molar-refractivity contribution in [2.24, 2.45) is 0 Å². The van der Waals surface area contributed by atoms with E-state index in [2.05, 4.69) is 16.9 Å². The smallest absolute Gasteiger partial charge is 0.262 e. The molecule has 3 rings (SSSR count). The van der Waals surface area contributed by atoms with Crippen LogP contribution in [0.3, 0.4) is 0 Å². The molecule has 1 N–H and O–H groups in total. The van der Waals surface area contributed by atoms with Crippen LogP contribution in [0.15, 0.2) is 71.1 Å². The van der Waals surface area contributed by atoms with E-state index in [9.17, 15) is 9.59 Å². The van der Waals surface area contributed by atoms with Crippen molar-refractivity contribution in [2.75, 3.05) is 6.54 Å². The molecular formula is C22H23N3O2S. The number of nitrogens with one attached hydrogen (secondary N) is 1. The van der Waals surface area contributed by atoms with Gasteiger partial charge in [-0.05, 0) is 31.5 Å². The molecular weight excluding hydrogens is 370 g/mol. The largest absolute Gasteiger partial charge is 0.352 e. The highest BCUT2D eigenvalue weighted by molar-refractivity contribution is 8.00. The molecule has 28 heavy (non-hydrogen) atoms. The summed E-state index contributed by atoms with van der Waals surface area (Å²) in [5.41, 5.74) is 2.70. The van der Waals surface area contributed by atoms with Gasteiger partial charge in [-0.2, -0.15) is 0 Å². The third-order valence-corrected chi connectivity index (χ3v) is 5.45. The molecule has 2 aromatic carbocycles. The fourth-order valence-corrected chi connectivity index (χ4v) is 3.71. The number of nitrogens with zero attached hydrogens (tertiary/aromatic N) is 2. The van der Waals surface area contributed by atoms with Crippen molar-refractivity contribution >= 4 is 28.6 Å². The molecule has 0 radical (unpaired) electrons. The van der Waals surface area contributed by atoms with Crippen molar-refractivity contribution in [3.8, 4) is 0 Å². The molecule has 0 aliphatic heterocycles. The predicted molar refractivity (Wildman–Crippen MR) is 115 cm³/mol. The molecule has 3 aromatic rings. The van der Waals surface area contributed by atoms with Crippen LogP contribution in [0.4, 0.5) is 0 Å². The second-order valence-electron chi connectivity index (χ2n) is 6.58. The number of carbonyl (C=O) groups is 1. The Hall–Kier alpha value is -2.86. The van der Waals surface area contributed by atoms with Crippen molar-refractivity contribution < 1.29 is 4.79 Å². The van der Waals surface area contributed by atoms with Crippen molar-refractivity contribution in [3.05, 3.63) is 82.7 Å². The lowest BCUT2D eigenvalue weighted by Crippen LogP contribution is -2.32. The van der Waals surface area contributed by atoms with E-state index in [0.717, 1.165) is 11.1 Å². The van der Waals surface area contributed by atoms with Crippen LogP contribution in [0.5, 0.6) is 0 Å². The van der Waals surface area contributed by atoms with E-state index < -0.39 is 5.25 Å². The van der Waals surface area contributed by atoms with Crippen molar-refractivity contribution in [1.29, 1.82) is 0 Å². The summed E-state index contributed by atoms with van der Waals surface area (Å²) < 4.78 is 1.65. The van der Waals surface area contributed by atoms with Gasteiger partial charge in [0.05, 0.1) is 22.7 Å². The molecule has 1 atom stereocenters. The zero-order valence-electron chi connectivity index (χ0n) is 16.0. The van der Waals surface area contributed by atoms with E-state index in [4.69, 9.17) is 0 Å². The molecule has 1 aromatic heterocycles. The van der Waals surface area contributed by atoms with E-state index >= 15 is 0 Å².